The van der Waals surface area contributed by atoms with Crippen molar-refractivity contribution in [3.63, 3.8) is 0 Å². The van der Waals surface area contributed by atoms with Gasteiger partial charge in [0.05, 0.1) is 17.6 Å². The summed E-state index contributed by atoms with van der Waals surface area (Å²) in [7, 11) is 0. The number of nitrogens with zero attached hydrogens (tertiary/aromatic N) is 5. The standard InChI is InChI=1S/C20H27N5O4/c1-3-28-20(27)25-11-9-24(10-12-25)19(26)15-14(2)29-18-16(15)17(21-13-22-18)23-7-5-4-6-8-23/h13H,3-12H2,1-2H3. The summed E-state index contributed by atoms with van der Waals surface area (Å²) in [6.45, 7) is 7.58. The Morgan fingerprint density at radius 1 is 1.03 bits per heavy atom. The molecule has 2 aromatic heterocycles. The highest BCUT2D eigenvalue weighted by Crippen LogP contribution is 2.33. The molecule has 0 N–H and O–H groups in total. The number of carbonyl (C=O) groups is 2. The van der Waals surface area contributed by atoms with Crippen molar-refractivity contribution in [2.45, 2.75) is 33.1 Å². The molecule has 9 nitrogen and oxygen atoms in total. The number of piperidine rings is 1. The number of aromatic nitrogens is 2. The van der Waals surface area contributed by atoms with E-state index in [9.17, 15) is 9.59 Å². The average molecular weight is 401 g/mol. The topological polar surface area (TPSA) is 92.0 Å². The fourth-order valence-corrected chi connectivity index (χ4v) is 4.10. The van der Waals surface area contributed by atoms with Crippen molar-refractivity contribution < 1.29 is 18.7 Å². The zero-order valence-corrected chi connectivity index (χ0v) is 17.0. The number of ether oxygens (including phenoxy) is 1. The van der Waals surface area contributed by atoms with Crippen molar-refractivity contribution >= 4 is 28.9 Å². The Morgan fingerprint density at radius 2 is 1.72 bits per heavy atom. The number of aryl methyl sites for hydroxylation is 1. The first-order valence-electron chi connectivity index (χ1n) is 10.3. The van der Waals surface area contributed by atoms with Gasteiger partial charge in [0.15, 0.2) is 0 Å². The van der Waals surface area contributed by atoms with Gasteiger partial charge >= 0.3 is 6.09 Å². The van der Waals surface area contributed by atoms with Crippen LogP contribution in [0.15, 0.2) is 10.7 Å². The number of fused-ring (bicyclic) bond motifs is 1. The van der Waals surface area contributed by atoms with E-state index in [0.29, 0.717) is 55.2 Å². The van der Waals surface area contributed by atoms with E-state index >= 15 is 0 Å². The summed E-state index contributed by atoms with van der Waals surface area (Å²) in [5.74, 6) is 1.23. The third-order valence-electron chi connectivity index (χ3n) is 5.61. The van der Waals surface area contributed by atoms with Gasteiger partial charge in [-0.25, -0.2) is 14.8 Å². The largest absolute Gasteiger partial charge is 0.450 e. The number of hydrogen-bond acceptors (Lipinski definition) is 7. The molecule has 2 fully saturated rings. The molecule has 9 heteroatoms. The highest BCUT2D eigenvalue weighted by atomic mass is 16.6. The van der Waals surface area contributed by atoms with E-state index in [0.717, 1.165) is 31.7 Å². The van der Waals surface area contributed by atoms with Gasteiger partial charge in [-0.3, -0.25) is 4.79 Å². The van der Waals surface area contributed by atoms with Gasteiger partial charge in [-0.05, 0) is 33.1 Å². The lowest BCUT2D eigenvalue weighted by Gasteiger charge is -2.34. The fourth-order valence-electron chi connectivity index (χ4n) is 4.10. The van der Waals surface area contributed by atoms with Crippen LogP contribution in [0, 0.1) is 6.92 Å². The molecule has 2 aliphatic rings. The molecule has 0 spiro atoms. The van der Waals surface area contributed by atoms with Crippen LogP contribution in [0.4, 0.5) is 10.6 Å². The van der Waals surface area contributed by atoms with Crippen molar-refractivity contribution in [2.24, 2.45) is 0 Å². The van der Waals surface area contributed by atoms with E-state index < -0.39 is 0 Å². The molecule has 0 aliphatic carbocycles. The van der Waals surface area contributed by atoms with Crippen LogP contribution < -0.4 is 4.90 Å². The van der Waals surface area contributed by atoms with Gasteiger partial charge in [0.2, 0.25) is 5.71 Å². The second-order valence-corrected chi connectivity index (χ2v) is 7.44. The Morgan fingerprint density at radius 3 is 2.41 bits per heavy atom. The monoisotopic (exact) mass is 401 g/mol. The van der Waals surface area contributed by atoms with Crippen LogP contribution in [0.5, 0.6) is 0 Å². The first-order valence-corrected chi connectivity index (χ1v) is 10.3. The van der Waals surface area contributed by atoms with Crippen molar-refractivity contribution in [1.29, 1.82) is 0 Å². The van der Waals surface area contributed by atoms with Gasteiger partial charge in [0.1, 0.15) is 17.9 Å². The van der Waals surface area contributed by atoms with E-state index in [-0.39, 0.29) is 12.0 Å². The Hall–Kier alpha value is -2.84. The number of rotatable bonds is 3. The summed E-state index contributed by atoms with van der Waals surface area (Å²) in [4.78, 5) is 39.7. The van der Waals surface area contributed by atoms with Gasteiger partial charge in [0.25, 0.3) is 5.91 Å². The van der Waals surface area contributed by atoms with Crippen molar-refractivity contribution in [2.75, 3.05) is 50.8 Å². The lowest BCUT2D eigenvalue weighted by molar-refractivity contribution is 0.0570. The molecule has 0 bridgehead atoms. The van der Waals surface area contributed by atoms with Crippen LogP contribution in [0.2, 0.25) is 0 Å². The predicted molar refractivity (Wildman–Crippen MR) is 107 cm³/mol. The highest BCUT2D eigenvalue weighted by Gasteiger charge is 2.31. The SMILES string of the molecule is CCOC(=O)N1CCN(C(=O)c2c(C)oc3ncnc(N4CCCCC4)c23)CC1. The van der Waals surface area contributed by atoms with Crippen molar-refractivity contribution in [3.05, 3.63) is 17.7 Å². The Labute approximate surface area is 169 Å². The van der Waals surface area contributed by atoms with Crippen molar-refractivity contribution in [1.82, 2.24) is 19.8 Å². The van der Waals surface area contributed by atoms with Crippen LogP contribution >= 0.6 is 0 Å². The van der Waals surface area contributed by atoms with Crippen molar-refractivity contribution in [3.8, 4) is 0 Å². The maximum atomic E-state index is 13.4. The second kappa shape index (κ2) is 8.26. The lowest BCUT2D eigenvalue weighted by Crippen LogP contribution is -2.50. The Kier molecular flexibility index (Phi) is 5.55. The van der Waals surface area contributed by atoms with Gasteiger partial charge in [0, 0.05) is 39.3 Å². The number of anilines is 1. The van der Waals surface area contributed by atoms with Crippen LogP contribution in [0.25, 0.3) is 11.1 Å². The van der Waals surface area contributed by atoms with Crippen LogP contribution in [-0.4, -0.2) is 77.6 Å². The zero-order chi connectivity index (χ0) is 20.4. The van der Waals surface area contributed by atoms with Gasteiger partial charge in [-0.1, -0.05) is 0 Å². The smallest absolute Gasteiger partial charge is 0.409 e. The summed E-state index contributed by atoms with van der Waals surface area (Å²) >= 11 is 0. The molecule has 0 atom stereocenters. The Bertz CT molecular complexity index is 898. The molecule has 0 aromatic carbocycles. The van der Waals surface area contributed by atoms with Crippen LogP contribution in [0.3, 0.4) is 0 Å². The van der Waals surface area contributed by atoms with E-state index in [1.54, 1.807) is 23.6 Å². The van der Waals surface area contributed by atoms with E-state index in [1.165, 1.54) is 12.7 Å². The molecular formula is C20H27N5O4. The zero-order valence-electron chi connectivity index (χ0n) is 17.0. The molecule has 156 valence electrons. The molecule has 0 radical (unpaired) electrons. The van der Waals surface area contributed by atoms with Gasteiger partial charge in [-0.15, -0.1) is 0 Å². The van der Waals surface area contributed by atoms with Crippen LogP contribution in [0.1, 0.15) is 42.3 Å². The lowest BCUT2D eigenvalue weighted by atomic mass is 10.1. The maximum Gasteiger partial charge on any atom is 0.409 e. The molecule has 0 unspecified atom stereocenters. The summed E-state index contributed by atoms with van der Waals surface area (Å²) in [6, 6.07) is 0. The molecule has 4 heterocycles. The first kappa shape index (κ1) is 19.5. The fraction of sp³-hybridized carbons (Fsp3) is 0.600. The minimum atomic E-state index is -0.328. The molecule has 4 rings (SSSR count). The molecule has 2 aliphatic heterocycles. The number of hydrogen-bond donors (Lipinski definition) is 0. The normalized spacial score (nSPS) is 17.7. The average Bonchev–Trinajstić information content (AvgIpc) is 3.10. The van der Waals surface area contributed by atoms with Gasteiger partial charge < -0.3 is 23.9 Å². The third kappa shape index (κ3) is 3.73. The highest BCUT2D eigenvalue weighted by molar-refractivity contribution is 6.10. The summed E-state index contributed by atoms with van der Waals surface area (Å²) in [6.07, 6.45) is 4.61. The number of amides is 2. The quantitative estimate of drug-likeness (QED) is 0.780. The summed E-state index contributed by atoms with van der Waals surface area (Å²) in [5, 5.41) is 0.699. The van der Waals surface area contributed by atoms with E-state index in [4.69, 9.17) is 9.15 Å². The second-order valence-electron chi connectivity index (χ2n) is 7.44. The minimum absolute atomic E-state index is 0.0992. The predicted octanol–water partition coefficient (Wildman–Crippen LogP) is 2.44. The first-order chi connectivity index (χ1) is 14.1. The number of piperazine rings is 1. The van der Waals surface area contributed by atoms with Crippen LogP contribution in [-0.2, 0) is 4.74 Å². The molecule has 2 aromatic rings. The number of carbonyl (C=O) groups excluding carboxylic acids is 2. The Balaban J connectivity index is 1.60. The molecular weight excluding hydrogens is 374 g/mol. The summed E-state index contributed by atoms with van der Waals surface area (Å²) in [5.41, 5.74) is 0.984. The minimum Gasteiger partial charge on any atom is -0.450 e. The van der Waals surface area contributed by atoms with E-state index in [1.807, 2.05) is 0 Å². The molecule has 29 heavy (non-hydrogen) atoms. The van der Waals surface area contributed by atoms with E-state index in [2.05, 4.69) is 14.9 Å². The number of furan rings is 1. The molecule has 2 amide bonds. The summed E-state index contributed by atoms with van der Waals surface area (Å²) < 4.78 is 10.9. The van der Waals surface area contributed by atoms with Gasteiger partial charge in [-0.2, -0.15) is 0 Å². The third-order valence-corrected chi connectivity index (χ3v) is 5.61. The molecule has 2 saturated heterocycles. The molecule has 0 saturated carbocycles. The maximum absolute atomic E-state index is 13.4.